The summed E-state index contributed by atoms with van der Waals surface area (Å²) in [5.74, 6) is 0.400. The molecule has 1 aromatic carbocycles. The van der Waals surface area contributed by atoms with E-state index in [1.807, 2.05) is 12.1 Å². The first-order valence-electron chi connectivity index (χ1n) is 6.13. The summed E-state index contributed by atoms with van der Waals surface area (Å²) in [5.41, 5.74) is 2.19. The molecule has 0 unspecified atom stereocenters. The van der Waals surface area contributed by atoms with Gasteiger partial charge in [0, 0.05) is 19.2 Å². The van der Waals surface area contributed by atoms with Crippen LogP contribution in [0, 0.1) is 10.1 Å². The predicted octanol–water partition coefficient (Wildman–Crippen LogP) is 3.32. The molecule has 1 heterocycles. The Morgan fingerprint density at radius 3 is 2.47 bits per heavy atom. The minimum absolute atomic E-state index is 0.233. The fraction of sp³-hybridized carbons (Fsp3) is 0.538. The van der Waals surface area contributed by atoms with Gasteiger partial charge in [-0.2, -0.15) is 0 Å². The topological polar surface area (TPSA) is 46.4 Å². The summed E-state index contributed by atoms with van der Waals surface area (Å²) in [7, 11) is 0. The largest absolute Gasteiger partial charge is 0.366 e. The zero-order valence-electron chi connectivity index (χ0n) is 10.3. The van der Waals surface area contributed by atoms with Crippen LogP contribution in [-0.2, 0) is 0 Å². The highest BCUT2D eigenvalue weighted by molar-refractivity contribution is 5.65. The highest BCUT2D eigenvalue weighted by atomic mass is 16.6. The lowest BCUT2D eigenvalue weighted by Crippen LogP contribution is -2.19. The number of hydrogen-bond acceptors (Lipinski definition) is 3. The molecule has 0 atom stereocenters. The standard InChI is InChI=1S/C13H18N2O2/c1-10(2)11-5-6-12(15(16)17)13(9-11)14-7-3-4-8-14/h5-6,9-10H,3-4,7-8H2,1-2H3. The Balaban J connectivity index is 2.43. The maximum absolute atomic E-state index is 11.0. The van der Waals surface area contributed by atoms with E-state index in [0.29, 0.717) is 5.92 Å². The summed E-state index contributed by atoms with van der Waals surface area (Å²) < 4.78 is 0. The monoisotopic (exact) mass is 234 g/mol. The van der Waals surface area contributed by atoms with Gasteiger partial charge in [-0.3, -0.25) is 10.1 Å². The molecule has 0 amide bonds. The van der Waals surface area contributed by atoms with Crippen molar-refractivity contribution in [3.8, 4) is 0 Å². The molecule has 17 heavy (non-hydrogen) atoms. The highest BCUT2D eigenvalue weighted by Gasteiger charge is 2.22. The molecule has 2 rings (SSSR count). The molecule has 0 saturated carbocycles. The lowest BCUT2D eigenvalue weighted by molar-refractivity contribution is -0.384. The molecule has 0 spiro atoms. The first kappa shape index (κ1) is 11.9. The Hall–Kier alpha value is -1.58. The van der Waals surface area contributed by atoms with Gasteiger partial charge in [0.2, 0.25) is 0 Å². The van der Waals surface area contributed by atoms with E-state index >= 15 is 0 Å². The second-order valence-electron chi connectivity index (χ2n) is 4.85. The first-order valence-corrected chi connectivity index (χ1v) is 6.13. The molecule has 1 aliphatic rings. The number of nitrogens with zero attached hydrogens (tertiary/aromatic N) is 2. The minimum atomic E-state index is -0.280. The van der Waals surface area contributed by atoms with Crippen LogP contribution in [0.2, 0.25) is 0 Å². The van der Waals surface area contributed by atoms with Gasteiger partial charge < -0.3 is 4.90 Å². The van der Waals surface area contributed by atoms with Crippen molar-refractivity contribution in [3.05, 3.63) is 33.9 Å². The summed E-state index contributed by atoms with van der Waals surface area (Å²) in [6.07, 6.45) is 2.26. The Labute approximate surface area is 101 Å². The third-order valence-corrected chi connectivity index (χ3v) is 3.31. The zero-order valence-corrected chi connectivity index (χ0v) is 10.3. The second kappa shape index (κ2) is 4.73. The van der Waals surface area contributed by atoms with Crippen molar-refractivity contribution < 1.29 is 4.92 Å². The minimum Gasteiger partial charge on any atom is -0.366 e. The van der Waals surface area contributed by atoms with Crippen molar-refractivity contribution >= 4 is 11.4 Å². The maximum atomic E-state index is 11.0. The van der Waals surface area contributed by atoms with E-state index < -0.39 is 0 Å². The van der Waals surface area contributed by atoms with Crippen LogP contribution < -0.4 is 4.90 Å². The number of nitro benzene ring substituents is 1. The van der Waals surface area contributed by atoms with E-state index in [2.05, 4.69) is 18.7 Å². The van der Waals surface area contributed by atoms with E-state index in [-0.39, 0.29) is 10.6 Å². The molecule has 0 N–H and O–H groups in total. The van der Waals surface area contributed by atoms with Crippen molar-refractivity contribution in [2.24, 2.45) is 0 Å². The molecule has 1 fully saturated rings. The molecule has 4 nitrogen and oxygen atoms in total. The fourth-order valence-electron chi connectivity index (χ4n) is 2.27. The summed E-state index contributed by atoms with van der Waals surface area (Å²) in [5, 5.41) is 11.0. The number of rotatable bonds is 3. The Morgan fingerprint density at radius 1 is 1.29 bits per heavy atom. The Bertz CT molecular complexity index is 423. The summed E-state index contributed by atoms with van der Waals surface area (Å²) in [6, 6.07) is 5.49. The van der Waals surface area contributed by atoms with Crippen molar-refractivity contribution in [1.82, 2.24) is 0 Å². The van der Waals surface area contributed by atoms with Gasteiger partial charge in [0.1, 0.15) is 5.69 Å². The SMILES string of the molecule is CC(C)c1ccc([N+](=O)[O-])c(N2CCCC2)c1. The van der Waals surface area contributed by atoms with Crippen LogP contribution in [0.4, 0.5) is 11.4 Å². The maximum Gasteiger partial charge on any atom is 0.292 e. The number of anilines is 1. The van der Waals surface area contributed by atoms with Gasteiger partial charge in [0.15, 0.2) is 0 Å². The van der Waals surface area contributed by atoms with Crippen molar-refractivity contribution in [1.29, 1.82) is 0 Å². The third-order valence-electron chi connectivity index (χ3n) is 3.31. The molecule has 0 aliphatic carbocycles. The second-order valence-corrected chi connectivity index (χ2v) is 4.85. The van der Waals surface area contributed by atoms with Gasteiger partial charge in [0.05, 0.1) is 4.92 Å². The number of hydrogen-bond donors (Lipinski definition) is 0. The molecule has 0 aromatic heterocycles. The summed E-state index contributed by atoms with van der Waals surface area (Å²) in [6.45, 7) is 6.08. The Kier molecular flexibility index (Phi) is 3.31. The van der Waals surface area contributed by atoms with Crippen LogP contribution in [0.3, 0.4) is 0 Å². The average molecular weight is 234 g/mol. The van der Waals surface area contributed by atoms with E-state index in [1.54, 1.807) is 6.07 Å². The van der Waals surface area contributed by atoms with Crippen molar-refractivity contribution in [2.45, 2.75) is 32.6 Å². The van der Waals surface area contributed by atoms with E-state index in [9.17, 15) is 10.1 Å². The van der Waals surface area contributed by atoms with Crippen LogP contribution in [0.1, 0.15) is 38.2 Å². The molecule has 4 heteroatoms. The molecule has 1 saturated heterocycles. The van der Waals surface area contributed by atoms with Crippen LogP contribution in [0.5, 0.6) is 0 Å². The van der Waals surface area contributed by atoms with Crippen LogP contribution in [-0.4, -0.2) is 18.0 Å². The first-order chi connectivity index (χ1) is 8.09. The van der Waals surface area contributed by atoms with Gasteiger partial charge in [-0.1, -0.05) is 19.9 Å². The summed E-state index contributed by atoms with van der Waals surface area (Å²) in [4.78, 5) is 12.9. The van der Waals surface area contributed by atoms with Gasteiger partial charge >= 0.3 is 0 Å². The van der Waals surface area contributed by atoms with Crippen LogP contribution in [0.25, 0.3) is 0 Å². The van der Waals surface area contributed by atoms with Crippen LogP contribution >= 0.6 is 0 Å². The molecular formula is C13H18N2O2. The number of benzene rings is 1. The van der Waals surface area contributed by atoms with Crippen molar-refractivity contribution in [2.75, 3.05) is 18.0 Å². The lowest BCUT2D eigenvalue weighted by atomic mass is 10.0. The third kappa shape index (κ3) is 2.40. The van der Waals surface area contributed by atoms with Gasteiger partial charge in [-0.05, 0) is 30.4 Å². The van der Waals surface area contributed by atoms with Gasteiger partial charge in [-0.25, -0.2) is 0 Å². The highest BCUT2D eigenvalue weighted by Crippen LogP contribution is 2.33. The Morgan fingerprint density at radius 2 is 1.94 bits per heavy atom. The molecular weight excluding hydrogens is 216 g/mol. The molecule has 1 aromatic rings. The van der Waals surface area contributed by atoms with Crippen LogP contribution in [0.15, 0.2) is 18.2 Å². The molecule has 0 radical (unpaired) electrons. The predicted molar refractivity (Wildman–Crippen MR) is 68.6 cm³/mol. The van der Waals surface area contributed by atoms with Gasteiger partial charge in [0.25, 0.3) is 5.69 Å². The van der Waals surface area contributed by atoms with Crippen molar-refractivity contribution in [3.63, 3.8) is 0 Å². The average Bonchev–Trinajstić information content (AvgIpc) is 2.81. The lowest BCUT2D eigenvalue weighted by Gasteiger charge is -2.19. The zero-order chi connectivity index (χ0) is 12.4. The summed E-state index contributed by atoms with van der Waals surface area (Å²) >= 11 is 0. The van der Waals surface area contributed by atoms with E-state index in [0.717, 1.165) is 37.2 Å². The normalized spacial score (nSPS) is 15.6. The fourth-order valence-corrected chi connectivity index (χ4v) is 2.27. The molecule has 1 aliphatic heterocycles. The molecule has 0 bridgehead atoms. The molecule has 92 valence electrons. The van der Waals surface area contributed by atoms with Gasteiger partial charge in [-0.15, -0.1) is 0 Å². The number of nitro groups is 1. The smallest absolute Gasteiger partial charge is 0.292 e. The van der Waals surface area contributed by atoms with E-state index in [1.165, 1.54) is 0 Å². The quantitative estimate of drug-likeness (QED) is 0.595. The van der Waals surface area contributed by atoms with E-state index in [4.69, 9.17) is 0 Å².